The molecule has 3 rings (SSSR count). The Labute approximate surface area is 171 Å². The zero-order valence-electron chi connectivity index (χ0n) is 18.6. The molecule has 0 atom stereocenters. The van der Waals surface area contributed by atoms with Crippen LogP contribution in [0.1, 0.15) is 61.0 Å². The summed E-state index contributed by atoms with van der Waals surface area (Å²) in [6.07, 6.45) is 5.14. The fourth-order valence-electron chi connectivity index (χ4n) is 3.38. The monoisotopic (exact) mass is 384 g/mol. The molecule has 0 unspecified atom stereocenters. The van der Waals surface area contributed by atoms with E-state index in [9.17, 15) is 0 Å². The van der Waals surface area contributed by atoms with Crippen LogP contribution >= 0.6 is 0 Å². The van der Waals surface area contributed by atoms with Gasteiger partial charge in [0.05, 0.1) is 22.4 Å². The average molecular weight is 384 g/mol. The molecule has 2 fully saturated rings. The van der Waals surface area contributed by atoms with Gasteiger partial charge in [-0.05, 0) is 67.4 Å². The Kier molecular flexibility index (Phi) is 5.65. The number of hydrogen-bond donors (Lipinski definition) is 0. The zero-order chi connectivity index (χ0) is 20.8. The van der Waals surface area contributed by atoms with Gasteiger partial charge in [-0.1, -0.05) is 42.5 Å². The minimum Gasteiger partial charge on any atom is -0.403 e. The zero-order valence-corrected chi connectivity index (χ0v) is 18.6. The van der Waals surface area contributed by atoms with Gasteiger partial charge in [0.1, 0.15) is 0 Å². The summed E-state index contributed by atoms with van der Waals surface area (Å²) in [7, 11) is -0.849. The van der Waals surface area contributed by atoms with E-state index < -0.39 is 36.6 Å². The lowest BCUT2D eigenvalue weighted by Gasteiger charge is -2.32. The van der Waals surface area contributed by atoms with Gasteiger partial charge in [0, 0.05) is 5.72 Å². The predicted molar refractivity (Wildman–Crippen MR) is 115 cm³/mol. The van der Waals surface area contributed by atoms with Crippen LogP contribution in [-0.4, -0.2) is 36.6 Å². The van der Waals surface area contributed by atoms with Crippen LogP contribution in [0.5, 0.6) is 0 Å². The van der Waals surface area contributed by atoms with E-state index in [-0.39, 0.29) is 5.72 Å². The third-order valence-corrected chi connectivity index (χ3v) is 6.73. The molecule has 2 aliphatic rings. The first kappa shape index (κ1) is 21.6. The molecule has 1 aromatic rings. The lowest BCUT2D eigenvalue weighted by Crippen LogP contribution is -2.41. The maximum Gasteiger partial charge on any atom is 0.462 e. The summed E-state index contributed by atoms with van der Waals surface area (Å²) in [5, 5.41) is 0. The van der Waals surface area contributed by atoms with Crippen molar-refractivity contribution in [2.45, 2.75) is 89.9 Å². The lowest BCUT2D eigenvalue weighted by atomic mass is 9.51. The van der Waals surface area contributed by atoms with Crippen LogP contribution in [-0.2, 0) is 25.0 Å². The van der Waals surface area contributed by atoms with Crippen LogP contribution in [0.4, 0.5) is 0 Å². The van der Waals surface area contributed by atoms with Crippen molar-refractivity contribution in [3.8, 4) is 0 Å². The topological polar surface area (TPSA) is 36.9 Å². The van der Waals surface area contributed by atoms with Crippen molar-refractivity contribution in [3.05, 3.63) is 48.0 Å². The Bertz CT molecular complexity index is 645. The molecule has 0 spiro atoms. The summed E-state index contributed by atoms with van der Waals surface area (Å²) in [4.78, 5) is 0. The third-order valence-electron chi connectivity index (χ3n) is 6.73. The van der Waals surface area contributed by atoms with Crippen LogP contribution in [0.25, 0.3) is 0 Å². The Morgan fingerprint density at radius 1 is 0.714 bits per heavy atom. The van der Waals surface area contributed by atoms with Crippen molar-refractivity contribution in [2.24, 2.45) is 0 Å². The Morgan fingerprint density at radius 3 is 1.50 bits per heavy atom. The molecule has 1 aromatic carbocycles. The number of allylic oxidation sites excluding steroid dienone is 2. The van der Waals surface area contributed by atoms with Gasteiger partial charge in [-0.2, -0.15) is 0 Å². The molecular weight excluding hydrogens is 350 g/mol. The highest BCUT2D eigenvalue weighted by Gasteiger charge is 2.61. The van der Waals surface area contributed by atoms with Gasteiger partial charge >= 0.3 is 14.2 Å². The van der Waals surface area contributed by atoms with E-state index in [4.69, 9.17) is 18.6 Å². The van der Waals surface area contributed by atoms with Crippen LogP contribution in [0.3, 0.4) is 0 Å². The van der Waals surface area contributed by atoms with E-state index in [1.54, 1.807) is 0 Å². The van der Waals surface area contributed by atoms with Crippen molar-refractivity contribution < 1.29 is 18.6 Å². The standard InChI is InChI=1S/C22H34B2O4/c1-19(2)20(3,4)26-23(25-19)18(16-12-15-17-13-10-9-11-14-17)24-27-21(5,6)22(7,8)28-24/h9-14,16,18H,15H2,1-8H3/b16-12+. The van der Waals surface area contributed by atoms with Gasteiger partial charge in [-0.3, -0.25) is 0 Å². The highest BCUT2D eigenvalue weighted by molar-refractivity contribution is 6.69. The van der Waals surface area contributed by atoms with E-state index in [2.05, 4.69) is 91.8 Å². The van der Waals surface area contributed by atoms with Crippen molar-refractivity contribution in [2.75, 3.05) is 0 Å². The van der Waals surface area contributed by atoms with E-state index >= 15 is 0 Å². The number of hydrogen-bond acceptors (Lipinski definition) is 4. The summed E-state index contributed by atoms with van der Waals surface area (Å²) >= 11 is 0. The molecule has 0 saturated carbocycles. The van der Waals surface area contributed by atoms with Crippen LogP contribution in [0.2, 0.25) is 5.72 Å². The molecule has 2 saturated heterocycles. The SMILES string of the molecule is CC1(C)OB(C(/C=C/Cc2ccccc2)B2OC(C)(C)C(C)(C)O2)OC1(C)C. The molecule has 0 radical (unpaired) electrons. The van der Waals surface area contributed by atoms with Gasteiger partial charge in [0.25, 0.3) is 0 Å². The summed E-state index contributed by atoms with van der Waals surface area (Å²) in [5.41, 5.74) is -0.481. The Balaban J connectivity index is 1.83. The fraction of sp³-hybridized carbons (Fsp3) is 0.636. The van der Waals surface area contributed by atoms with Gasteiger partial charge in [-0.15, -0.1) is 0 Å². The summed E-state index contributed by atoms with van der Waals surface area (Å²) in [6, 6.07) is 10.4. The number of rotatable bonds is 5. The van der Waals surface area contributed by atoms with Crippen LogP contribution in [0.15, 0.2) is 42.5 Å². The quantitative estimate of drug-likeness (QED) is 0.536. The van der Waals surface area contributed by atoms with Crippen LogP contribution < -0.4 is 0 Å². The highest BCUT2D eigenvalue weighted by atomic mass is 16.7. The van der Waals surface area contributed by atoms with Crippen molar-refractivity contribution >= 4 is 14.2 Å². The third kappa shape index (κ3) is 4.11. The normalized spacial score (nSPS) is 25.2. The molecule has 152 valence electrons. The van der Waals surface area contributed by atoms with E-state index in [0.29, 0.717) is 0 Å². The lowest BCUT2D eigenvalue weighted by molar-refractivity contribution is 0.00578. The fourth-order valence-corrected chi connectivity index (χ4v) is 3.38. The molecule has 2 heterocycles. The first-order valence-corrected chi connectivity index (χ1v) is 10.3. The molecule has 0 aliphatic carbocycles. The summed E-state index contributed by atoms with van der Waals surface area (Å²) in [6.45, 7) is 16.6. The predicted octanol–water partition coefficient (Wildman–Crippen LogP) is 4.88. The van der Waals surface area contributed by atoms with Gasteiger partial charge in [-0.25, -0.2) is 0 Å². The van der Waals surface area contributed by atoms with E-state index in [1.165, 1.54) is 5.56 Å². The molecule has 0 N–H and O–H groups in total. The molecule has 6 heteroatoms. The summed E-state index contributed by atoms with van der Waals surface area (Å²) in [5.74, 6) is 0. The Hall–Kier alpha value is -1.07. The largest absolute Gasteiger partial charge is 0.462 e. The average Bonchev–Trinajstić information content (AvgIpc) is 2.91. The van der Waals surface area contributed by atoms with Crippen molar-refractivity contribution in [1.82, 2.24) is 0 Å². The first-order chi connectivity index (χ1) is 12.8. The number of benzene rings is 1. The molecule has 2 aliphatic heterocycles. The molecule has 0 amide bonds. The van der Waals surface area contributed by atoms with E-state index in [0.717, 1.165) is 6.42 Å². The minimum absolute atomic E-state index is 0.161. The second-order valence-corrected chi connectivity index (χ2v) is 9.94. The maximum absolute atomic E-state index is 6.34. The van der Waals surface area contributed by atoms with Crippen LogP contribution in [0, 0.1) is 0 Å². The highest BCUT2D eigenvalue weighted by Crippen LogP contribution is 2.45. The maximum atomic E-state index is 6.34. The second kappa shape index (κ2) is 7.32. The van der Waals surface area contributed by atoms with Gasteiger partial charge in [0.2, 0.25) is 0 Å². The molecule has 28 heavy (non-hydrogen) atoms. The van der Waals surface area contributed by atoms with Crippen molar-refractivity contribution in [1.29, 1.82) is 0 Å². The second-order valence-electron chi connectivity index (χ2n) is 9.94. The smallest absolute Gasteiger partial charge is 0.403 e. The molecule has 0 bridgehead atoms. The Morgan fingerprint density at radius 2 is 1.11 bits per heavy atom. The molecule has 0 aromatic heterocycles. The van der Waals surface area contributed by atoms with E-state index in [1.807, 2.05) is 6.07 Å². The van der Waals surface area contributed by atoms with Gasteiger partial charge < -0.3 is 18.6 Å². The van der Waals surface area contributed by atoms with Crippen molar-refractivity contribution in [3.63, 3.8) is 0 Å². The van der Waals surface area contributed by atoms with Gasteiger partial charge in [0.15, 0.2) is 0 Å². The summed E-state index contributed by atoms with van der Waals surface area (Å²) < 4.78 is 25.4. The molecule has 4 nitrogen and oxygen atoms in total. The minimum atomic E-state index is -0.424. The molecular formula is C22H34B2O4. The first-order valence-electron chi connectivity index (χ1n) is 10.3.